The normalized spacial score (nSPS) is 16.9. The number of H-pyrrole nitrogens is 2. The van der Waals surface area contributed by atoms with Crippen LogP contribution >= 0.6 is 23.2 Å². The maximum atomic E-state index is 10.5. The summed E-state index contributed by atoms with van der Waals surface area (Å²) in [6.45, 7) is 2.79. The Balaban J connectivity index is 1.16. The number of benzene rings is 2. The third-order valence-electron chi connectivity index (χ3n) is 6.26. The summed E-state index contributed by atoms with van der Waals surface area (Å²) in [7, 11) is 0. The molecule has 2 aromatic carbocycles. The highest BCUT2D eigenvalue weighted by Gasteiger charge is 2.25. The fourth-order valence-corrected chi connectivity index (χ4v) is 5.02. The van der Waals surface area contributed by atoms with Crippen LogP contribution in [0.2, 0.25) is 10.0 Å². The van der Waals surface area contributed by atoms with Crippen LogP contribution in [-0.4, -0.2) is 52.3 Å². The first-order chi connectivity index (χ1) is 15.1. The molecule has 3 N–H and O–H groups in total. The van der Waals surface area contributed by atoms with Gasteiger partial charge >= 0.3 is 0 Å². The molecule has 0 unspecified atom stereocenters. The lowest BCUT2D eigenvalue weighted by molar-refractivity contribution is 0.0599. The molecule has 4 aromatic rings. The summed E-state index contributed by atoms with van der Waals surface area (Å²) in [6.07, 6.45) is 5.53. The van der Waals surface area contributed by atoms with Gasteiger partial charge in [0.2, 0.25) is 0 Å². The minimum absolute atomic E-state index is 0.284. The molecule has 3 heterocycles. The second kappa shape index (κ2) is 8.75. The Morgan fingerprint density at radius 1 is 1.06 bits per heavy atom. The van der Waals surface area contributed by atoms with Gasteiger partial charge in [-0.25, -0.2) is 0 Å². The van der Waals surface area contributed by atoms with E-state index in [1.807, 2.05) is 42.6 Å². The number of hydrogen-bond acceptors (Lipinski definition) is 3. The van der Waals surface area contributed by atoms with Crippen molar-refractivity contribution in [1.29, 1.82) is 0 Å². The highest BCUT2D eigenvalue weighted by molar-refractivity contribution is 6.45. The number of β-amino-alcohol motifs (C(OH)–C–C–N with tert-alkyl or cyclic N) is 1. The number of hydrogen-bond donors (Lipinski definition) is 3. The lowest BCUT2D eigenvalue weighted by atomic mass is 9.89. The maximum Gasteiger partial charge on any atom is 0.128 e. The standard InChI is InChI=1S/C24H25Cl2N3O2/c25-20-5-4-17-19(12-28-24(17)23(20)26)15-7-10-29(11-8-15)13-16(30)14-31-22-3-1-2-21-18(22)6-9-27-21/h1-6,9,12,15-16,27-28,30H,7-8,10-11,13-14H2/t16-/m0/s1. The molecule has 0 radical (unpaired) electrons. The van der Waals surface area contributed by atoms with E-state index in [1.165, 1.54) is 5.56 Å². The molecule has 5 rings (SSSR count). The summed E-state index contributed by atoms with van der Waals surface area (Å²) in [5.74, 6) is 1.27. The summed E-state index contributed by atoms with van der Waals surface area (Å²) in [5, 5.41) is 13.9. The number of ether oxygens (including phenoxy) is 1. The second-order valence-corrected chi connectivity index (χ2v) is 9.05. The van der Waals surface area contributed by atoms with Crippen LogP contribution in [0.1, 0.15) is 24.3 Å². The molecular weight excluding hydrogens is 433 g/mol. The lowest BCUT2D eigenvalue weighted by Gasteiger charge is -2.33. The van der Waals surface area contributed by atoms with Crippen molar-refractivity contribution in [3.63, 3.8) is 0 Å². The molecule has 0 amide bonds. The topological polar surface area (TPSA) is 64.3 Å². The van der Waals surface area contributed by atoms with Crippen molar-refractivity contribution in [1.82, 2.24) is 14.9 Å². The van der Waals surface area contributed by atoms with Crippen molar-refractivity contribution in [2.45, 2.75) is 24.9 Å². The Labute approximate surface area is 190 Å². The fraction of sp³-hybridized carbons (Fsp3) is 0.333. The summed E-state index contributed by atoms with van der Waals surface area (Å²) < 4.78 is 5.91. The molecule has 31 heavy (non-hydrogen) atoms. The largest absolute Gasteiger partial charge is 0.490 e. The molecule has 0 bridgehead atoms. The Kier molecular flexibility index (Phi) is 5.85. The number of nitrogens with one attached hydrogen (secondary N) is 2. The van der Waals surface area contributed by atoms with Gasteiger partial charge in [0.15, 0.2) is 0 Å². The quantitative estimate of drug-likeness (QED) is 0.354. The summed E-state index contributed by atoms with van der Waals surface area (Å²) in [4.78, 5) is 8.79. The van der Waals surface area contributed by atoms with Crippen LogP contribution in [0.25, 0.3) is 21.8 Å². The molecule has 162 valence electrons. The maximum absolute atomic E-state index is 10.5. The summed E-state index contributed by atoms with van der Waals surface area (Å²) in [5.41, 5.74) is 3.25. The van der Waals surface area contributed by atoms with E-state index >= 15 is 0 Å². The van der Waals surface area contributed by atoms with Crippen molar-refractivity contribution >= 4 is 45.0 Å². The third-order valence-corrected chi connectivity index (χ3v) is 7.06. The Hall–Kier alpha value is -2.18. The smallest absolute Gasteiger partial charge is 0.128 e. The first-order valence-electron chi connectivity index (χ1n) is 10.6. The molecule has 7 heteroatoms. The molecule has 1 saturated heterocycles. The highest BCUT2D eigenvalue weighted by atomic mass is 35.5. The molecule has 0 saturated carbocycles. The molecule has 1 atom stereocenters. The zero-order valence-corrected chi connectivity index (χ0v) is 18.6. The van der Waals surface area contributed by atoms with Crippen molar-refractivity contribution in [3.05, 3.63) is 64.4 Å². The van der Waals surface area contributed by atoms with Gasteiger partial charge in [0, 0.05) is 35.2 Å². The van der Waals surface area contributed by atoms with Crippen LogP contribution in [0.15, 0.2) is 48.8 Å². The second-order valence-electron chi connectivity index (χ2n) is 8.26. The number of likely N-dealkylation sites (tertiary alicyclic amines) is 1. The zero-order valence-electron chi connectivity index (χ0n) is 17.1. The molecule has 5 nitrogen and oxygen atoms in total. The fourth-order valence-electron chi connectivity index (χ4n) is 4.64. The van der Waals surface area contributed by atoms with E-state index in [-0.39, 0.29) is 6.61 Å². The van der Waals surface area contributed by atoms with Crippen LogP contribution < -0.4 is 4.74 Å². The molecule has 1 fully saturated rings. The van der Waals surface area contributed by atoms with Gasteiger partial charge in [-0.2, -0.15) is 0 Å². The average Bonchev–Trinajstić information content (AvgIpc) is 3.43. The van der Waals surface area contributed by atoms with E-state index in [9.17, 15) is 5.11 Å². The minimum atomic E-state index is -0.528. The first kappa shape index (κ1) is 20.7. The first-order valence-corrected chi connectivity index (χ1v) is 11.4. The number of aliphatic hydroxyl groups excluding tert-OH is 1. The van der Waals surface area contributed by atoms with Gasteiger partial charge in [0.1, 0.15) is 18.5 Å². The average molecular weight is 458 g/mol. The van der Waals surface area contributed by atoms with Crippen LogP contribution in [-0.2, 0) is 0 Å². The SMILES string of the molecule is O[C@H](COc1cccc2[nH]ccc12)CN1CCC(c2c[nH]c3c(Cl)c(Cl)ccc23)CC1. The monoisotopic (exact) mass is 457 g/mol. The number of piperidine rings is 1. The van der Waals surface area contributed by atoms with Gasteiger partial charge in [-0.3, -0.25) is 0 Å². The number of halogens is 2. The Morgan fingerprint density at radius 3 is 2.74 bits per heavy atom. The van der Waals surface area contributed by atoms with Gasteiger partial charge in [-0.1, -0.05) is 35.3 Å². The summed E-state index contributed by atoms with van der Waals surface area (Å²) in [6, 6.07) is 11.8. The van der Waals surface area contributed by atoms with Gasteiger partial charge in [-0.05, 0) is 61.7 Å². The zero-order chi connectivity index (χ0) is 21.4. The molecule has 1 aliphatic heterocycles. The van der Waals surface area contributed by atoms with E-state index in [1.54, 1.807) is 0 Å². The van der Waals surface area contributed by atoms with E-state index in [2.05, 4.69) is 21.1 Å². The molecule has 2 aromatic heterocycles. The molecule has 1 aliphatic rings. The minimum Gasteiger partial charge on any atom is -0.490 e. The molecule has 0 spiro atoms. The predicted octanol–water partition coefficient (Wildman–Crippen LogP) is 5.58. The van der Waals surface area contributed by atoms with Crippen molar-refractivity contribution in [2.75, 3.05) is 26.2 Å². The van der Waals surface area contributed by atoms with Crippen LogP contribution in [0.4, 0.5) is 0 Å². The van der Waals surface area contributed by atoms with Crippen molar-refractivity contribution < 1.29 is 9.84 Å². The molecule has 0 aliphatic carbocycles. The number of aromatic nitrogens is 2. The summed E-state index contributed by atoms with van der Waals surface area (Å²) >= 11 is 12.5. The van der Waals surface area contributed by atoms with Crippen LogP contribution in [0, 0.1) is 0 Å². The number of nitrogens with zero attached hydrogens (tertiary/aromatic N) is 1. The Bertz CT molecular complexity index is 1190. The van der Waals surface area contributed by atoms with E-state index in [4.69, 9.17) is 27.9 Å². The van der Waals surface area contributed by atoms with Gasteiger partial charge in [0.25, 0.3) is 0 Å². The highest BCUT2D eigenvalue weighted by Crippen LogP contribution is 2.37. The van der Waals surface area contributed by atoms with Crippen LogP contribution in [0.5, 0.6) is 5.75 Å². The third kappa shape index (κ3) is 4.15. The van der Waals surface area contributed by atoms with Crippen molar-refractivity contribution in [2.24, 2.45) is 0 Å². The lowest BCUT2D eigenvalue weighted by Crippen LogP contribution is -2.40. The number of aromatic amines is 2. The van der Waals surface area contributed by atoms with Gasteiger partial charge in [-0.15, -0.1) is 0 Å². The van der Waals surface area contributed by atoms with Gasteiger partial charge < -0.3 is 24.7 Å². The van der Waals surface area contributed by atoms with E-state index in [0.717, 1.165) is 53.5 Å². The predicted molar refractivity (Wildman–Crippen MR) is 127 cm³/mol. The van der Waals surface area contributed by atoms with Crippen molar-refractivity contribution in [3.8, 4) is 5.75 Å². The van der Waals surface area contributed by atoms with E-state index < -0.39 is 6.10 Å². The molecular formula is C24H25Cl2N3O2. The van der Waals surface area contributed by atoms with Gasteiger partial charge in [0.05, 0.1) is 15.6 Å². The van der Waals surface area contributed by atoms with E-state index in [0.29, 0.717) is 22.5 Å². The number of rotatable bonds is 6. The number of aliphatic hydroxyl groups is 1. The Morgan fingerprint density at radius 2 is 1.90 bits per heavy atom. The van der Waals surface area contributed by atoms with Crippen LogP contribution in [0.3, 0.4) is 0 Å². The number of fused-ring (bicyclic) bond motifs is 2.